The van der Waals surface area contributed by atoms with Gasteiger partial charge in [0, 0.05) is 6.42 Å². The van der Waals surface area contributed by atoms with E-state index in [9.17, 15) is 14.4 Å². The molecule has 9 heteroatoms. The number of ether oxygens (including phenoxy) is 1. The van der Waals surface area contributed by atoms with Gasteiger partial charge in [-0.1, -0.05) is 0 Å². The molecule has 0 aliphatic carbocycles. The van der Waals surface area contributed by atoms with Gasteiger partial charge in [-0.2, -0.15) is 0 Å². The van der Waals surface area contributed by atoms with Gasteiger partial charge in [-0.3, -0.25) is 14.4 Å². The van der Waals surface area contributed by atoms with Gasteiger partial charge in [0.1, 0.15) is 6.10 Å². The van der Waals surface area contributed by atoms with Crippen molar-refractivity contribution in [1.29, 1.82) is 0 Å². The molecule has 0 spiro atoms. The fraction of sp³-hybridized carbons (Fsp3) is 0.364. The number of H-pyrrole nitrogens is 1. The van der Waals surface area contributed by atoms with Crippen molar-refractivity contribution in [3.63, 3.8) is 0 Å². The lowest BCUT2D eigenvalue weighted by Crippen LogP contribution is -2.20. The molecule has 2 aromatic heterocycles. The molecule has 0 saturated carbocycles. The highest BCUT2D eigenvalue weighted by Gasteiger charge is 2.15. The summed E-state index contributed by atoms with van der Waals surface area (Å²) in [7, 11) is 0. The number of carbonyl (C=O) groups excluding carboxylic acids is 2. The second-order valence-corrected chi connectivity index (χ2v) is 4.47. The van der Waals surface area contributed by atoms with E-state index < -0.39 is 11.3 Å². The van der Waals surface area contributed by atoms with Gasteiger partial charge in [-0.05, 0) is 18.0 Å². The quantitative estimate of drug-likeness (QED) is 0.578. The molecule has 0 aliphatic heterocycles. The first kappa shape index (κ1) is 14.2. The van der Waals surface area contributed by atoms with E-state index in [2.05, 4.69) is 15.0 Å². The second kappa shape index (κ2) is 6.29. The van der Waals surface area contributed by atoms with Crippen molar-refractivity contribution in [2.75, 3.05) is 0 Å². The topological polar surface area (TPSA) is 107 Å². The third-order valence-corrected chi connectivity index (χ3v) is 2.91. The first-order valence-corrected chi connectivity index (χ1v) is 6.15. The molecule has 0 fully saturated rings. The molecule has 1 N–H and O–H groups in total. The summed E-state index contributed by atoms with van der Waals surface area (Å²) in [6.07, 6.45) is 2.51. The van der Waals surface area contributed by atoms with Crippen molar-refractivity contribution >= 4 is 34.5 Å². The van der Waals surface area contributed by atoms with Crippen LogP contribution in [0.5, 0.6) is 0 Å². The maximum Gasteiger partial charge on any atom is 0.293 e. The van der Waals surface area contributed by atoms with E-state index in [-0.39, 0.29) is 30.5 Å². The summed E-state index contributed by atoms with van der Waals surface area (Å²) in [6, 6.07) is 0. The Kier molecular flexibility index (Phi) is 4.46. The predicted molar refractivity (Wildman–Crippen MR) is 69.2 cm³/mol. The van der Waals surface area contributed by atoms with Crippen LogP contribution >= 0.6 is 11.6 Å². The summed E-state index contributed by atoms with van der Waals surface area (Å²) < 4.78 is 6.47. The van der Waals surface area contributed by atoms with Crippen LogP contribution in [0.1, 0.15) is 12.8 Å². The van der Waals surface area contributed by atoms with Crippen molar-refractivity contribution in [2.45, 2.75) is 25.5 Å². The van der Waals surface area contributed by atoms with Gasteiger partial charge in [0.05, 0.1) is 19.2 Å². The zero-order valence-corrected chi connectivity index (χ0v) is 11.0. The highest BCUT2D eigenvalue weighted by Crippen LogP contribution is 2.10. The molecule has 106 valence electrons. The van der Waals surface area contributed by atoms with Crippen LogP contribution in [0.25, 0.3) is 11.2 Å². The van der Waals surface area contributed by atoms with E-state index in [1.807, 2.05) is 0 Å². The largest absolute Gasteiger partial charge is 0.463 e. The SMILES string of the molecule is O=COC(CCC(=O)Cl)Cn1cnc2c(=O)[nH]cnc21. The third-order valence-electron chi connectivity index (χ3n) is 2.72. The van der Waals surface area contributed by atoms with Crippen LogP contribution in [-0.4, -0.2) is 37.3 Å². The fourth-order valence-electron chi connectivity index (χ4n) is 1.80. The van der Waals surface area contributed by atoms with Gasteiger partial charge in [0.15, 0.2) is 11.2 Å². The molecule has 2 heterocycles. The van der Waals surface area contributed by atoms with Crippen LogP contribution in [0.4, 0.5) is 0 Å². The zero-order chi connectivity index (χ0) is 14.5. The van der Waals surface area contributed by atoms with Crippen LogP contribution in [-0.2, 0) is 20.9 Å². The smallest absolute Gasteiger partial charge is 0.293 e. The number of nitrogens with zero attached hydrogens (tertiary/aromatic N) is 3. The van der Waals surface area contributed by atoms with E-state index in [0.717, 1.165) is 0 Å². The number of hydrogen-bond donors (Lipinski definition) is 1. The molecule has 0 bridgehead atoms. The van der Waals surface area contributed by atoms with Crippen LogP contribution in [0, 0.1) is 0 Å². The fourth-order valence-corrected chi connectivity index (χ4v) is 1.91. The molecule has 2 rings (SSSR count). The summed E-state index contributed by atoms with van der Waals surface area (Å²) in [5.74, 6) is 0. The van der Waals surface area contributed by atoms with Gasteiger partial charge >= 0.3 is 0 Å². The third kappa shape index (κ3) is 3.21. The first-order chi connectivity index (χ1) is 9.61. The second-order valence-electron chi connectivity index (χ2n) is 4.05. The average molecular weight is 299 g/mol. The van der Waals surface area contributed by atoms with Gasteiger partial charge < -0.3 is 14.3 Å². The molecule has 8 nitrogen and oxygen atoms in total. The minimum Gasteiger partial charge on any atom is -0.463 e. The highest BCUT2D eigenvalue weighted by atomic mass is 35.5. The number of aromatic nitrogens is 4. The Bertz CT molecular complexity index is 680. The van der Waals surface area contributed by atoms with E-state index in [1.54, 1.807) is 4.57 Å². The maximum absolute atomic E-state index is 11.5. The Morgan fingerprint density at radius 2 is 2.35 bits per heavy atom. The number of imidazole rings is 1. The van der Waals surface area contributed by atoms with Crippen molar-refractivity contribution in [3.8, 4) is 0 Å². The van der Waals surface area contributed by atoms with Crippen molar-refractivity contribution in [1.82, 2.24) is 19.5 Å². The number of carbonyl (C=O) groups is 2. The molecule has 0 aromatic carbocycles. The maximum atomic E-state index is 11.5. The minimum atomic E-state index is -0.548. The lowest BCUT2D eigenvalue weighted by atomic mass is 10.2. The van der Waals surface area contributed by atoms with Crippen molar-refractivity contribution in [3.05, 3.63) is 23.0 Å². The van der Waals surface area contributed by atoms with Gasteiger partial charge in [0.2, 0.25) is 5.24 Å². The number of fused-ring (bicyclic) bond motifs is 1. The van der Waals surface area contributed by atoms with Gasteiger partial charge in [-0.15, -0.1) is 0 Å². The zero-order valence-electron chi connectivity index (χ0n) is 10.3. The number of halogens is 1. The van der Waals surface area contributed by atoms with Gasteiger partial charge in [-0.25, -0.2) is 9.97 Å². The molecule has 0 radical (unpaired) electrons. The van der Waals surface area contributed by atoms with Crippen LogP contribution < -0.4 is 5.56 Å². The normalized spacial score (nSPS) is 12.2. The molecule has 0 amide bonds. The average Bonchev–Trinajstić information content (AvgIpc) is 2.81. The monoisotopic (exact) mass is 298 g/mol. The summed E-state index contributed by atoms with van der Waals surface area (Å²) >= 11 is 5.26. The molecular formula is C11H11ClN4O4. The Balaban J connectivity index is 2.19. The molecule has 1 atom stereocenters. The Labute approximate surface area is 117 Å². The summed E-state index contributed by atoms with van der Waals surface area (Å²) in [5, 5.41) is -0.505. The van der Waals surface area contributed by atoms with Crippen LogP contribution in [0.2, 0.25) is 0 Å². The van der Waals surface area contributed by atoms with E-state index in [1.165, 1.54) is 12.7 Å². The number of nitrogens with one attached hydrogen (secondary N) is 1. The molecule has 2 aromatic rings. The van der Waals surface area contributed by atoms with Crippen LogP contribution in [0.3, 0.4) is 0 Å². The lowest BCUT2D eigenvalue weighted by molar-refractivity contribution is -0.135. The first-order valence-electron chi connectivity index (χ1n) is 5.77. The summed E-state index contributed by atoms with van der Waals surface area (Å²) in [4.78, 5) is 43.1. The molecule has 20 heavy (non-hydrogen) atoms. The molecule has 1 unspecified atom stereocenters. The Morgan fingerprint density at radius 1 is 1.55 bits per heavy atom. The Morgan fingerprint density at radius 3 is 3.05 bits per heavy atom. The lowest BCUT2D eigenvalue weighted by Gasteiger charge is -2.14. The van der Waals surface area contributed by atoms with Crippen LogP contribution in [0.15, 0.2) is 17.4 Å². The summed E-state index contributed by atoms with van der Waals surface area (Å²) in [5.41, 5.74) is 0.230. The standard InChI is InChI=1S/C11H11ClN4O4/c12-8(18)2-1-7(20-6-17)3-16-5-15-9-10(16)13-4-14-11(9)19/h4-7H,1-3H2,(H,13,14,19). The number of hydrogen-bond acceptors (Lipinski definition) is 6. The minimum absolute atomic E-state index is 0.0840. The van der Waals surface area contributed by atoms with Crippen molar-refractivity contribution in [2.24, 2.45) is 0 Å². The summed E-state index contributed by atoms with van der Waals surface area (Å²) in [6.45, 7) is 0.540. The van der Waals surface area contributed by atoms with E-state index in [4.69, 9.17) is 16.3 Å². The highest BCUT2D eigenvalue weighted by molar-refractivity contribution is 6.63. The van der Waals surface area contributed by atoms with Gasteiger partial charge in [0.25, 0.3) is 12.0 Å². The molecular weight excluding hydrogens is 288 g/mol. The van der Waals surface area contributed by atoms with E-state index >= 15 is 0 Å². The van der Waals surface area contributed by atoms with Crippen molar-refractivity contribution < 1.29 is 14.3 Å². The molecule has 0 aliphatic rings. The molecule has 0 saturated heterocycles. The predicted octanol–water partition coefficient (Wildman–Crippen LogP) is 0.207. The number of aromatic amines is 1. The van der Waals surface area contributed by atoms with E-state index in [0.29, 0.717) is 12.1 Å². The number of rotatable bonds is 7. The Hall–Kier alpha value is -2.22.